The molecule has 0 spiro atoms. The van der Waals surface area contributed by atoms with E-state index < -0.39 is 0 Å². The fourth-order valence-corrected chi connectivity index (χ4v) is 8.49. The molecule has 1 heterocycles. The normalized spacial score (nSPS) is 18.5. The Hall–Kier alpha value is -0.430. The third-order valence-corrected chi connectivity index (χ3v) is 9.63. The lowest BCUT2D eigenvalue weighted by molar-refractivity contribution is 1.64. The third-order valence-electron chi connectivity index (χ3n) is 3.24. The first-order valence-corrected chi connectivity index (χ1v) is 13.2. The summed E-state index contributed by atoms with van der Waals surface area (Å²) < 4.78 is 0. The van der Waals surface area contributed by atoms with E-state index in [4.69, 9.17) is 0 Å². The van der Waals surface area contributed by atoms with Gasteiger partial charge in [0.15, 0.2) is 0 Å². The fraction of sp³-hybridized carbons (Fsp3) is 0.0556. The summed E-state index contributed by atoms with van der Waals surface area (Å²) >= 11 is 4.34. The zero-order valence-corrected chi connectivity index (χ0v) is 16.6. The van der Waals surface area contributed by atoms with Crippen molar-refractivity contribution in [3.63, 3.8) is 0 Å². The Morgan fingerprint density at radius 2 is 1.68 bits per heavy atom. The van der Waals surface area contributed by atoms with Gasteiger partial charge in [-0.25, -0.2) is 0 Å². The maximum atomic E-state index is 2.57. The standard InChI is InChI=1S/C18H15IS3/c1-20-13-16(14-8-4-2-5-9-14)18-12-17(21-22(18)19)15-10-6-3-7-11-15/h2-13H,1H3/b16-13-. The van der Waals surface area contributed by atoms with Gasteiger partial charge in [-0.1, -0.05) is 78.1 Å². The van der Waals surface area contributed by atoms with Crippen molar-refractivity contribution < 1.29 is 0 Å². The average Bonchev–Trinajstić information content (AvgIpc) is 2.96. The maximum absolute atomic E-state index is 2.57. The second-order valence-electron chi connectivity index (χ2n) is 4.68. The molecule has 22 heavy (non-hydrogen) atoms. The van der Waals surface area contributed by atoms with Gasteiger partial charge >= 0.3 is 0 Å². The molecule has 0 saturated carbocycles. The molecule has 1 unspecified atom stereocenters. The Morgan fingerprint density at radius 3 is 2.32 bits per heavy atom. The summed E-state index contributed by atoms with van der Waals surface area (Å²) in [5.74, 6) is 0. The van der Waals surface area contributed by atoms with E-state index in [0.717, 1.165) is 0 Å². The van der Waals surface area contributed by atoms with Crippen LogP contribution in [0.4, 0.5) is 0 Å². The van der Waals surface area contributed by atoms with Crippen LogP contribution in [0.1, 0.15) is 11.1 Å². The molecule has 4 heteroatoms. The van der Waals surface area contributed by atoms with Gasteiger partial charge in [0, 0.05) is 36.5 Å². The van der Waals surface area contributed by atoms with E-state index in [1.54, 1.807) is 11.8 Å². The van der Waals surface area contributed by atoms with Gasteiger partial charge in [0.25, 0.3) is 0 Å². The number of rotatable bonds is 4. The second kappa shape index (κ2) is 7.90. The highest BCUT2D eigenvalue weighted by Gasteiger charge is 2.19. The summed E-state index contributed by atoms with van der Waals surface area (Å²) in [5, 5.41) is 2.27. The van der Waals surface area contributed by atoms with Crippen molar-refractivity contribution in [3.05, 3.63) is 83.3 Å². The molecule has 1 aliphatic heterocycles. The SMILES string of the molecule is CS/C=C(\C1=S(I)SC(c2ccccc2)=C1)c1ccccc1. The number of hydrogen-bond donors (Lipinski definition) is 0. The van der Waals surface area contributed by atoms with Crippen molar-refractivity contribution in [2.75, 3.05) is 6.26 Å². The van der Waals surface area contributed by atoms with Crippen LogP contribution in [0.3, 0.4) is 0 Å². The number of halogens is 1. The highest BCUT2D eigenvalue weighted by Crippen LogP contribution is 2.55. The van der Waals surface area contributed by atoms with Gasteiger partial charge in [-0.05, 0) is 28.9 Å². The molecular formula is C18H15IS3. The molecule has 0 aliphatic carbocycles. The van der Waals surface area contributed by atoms with Crippen molar-refractivity contribution in [3.8, 4) is 0 Å². The Morgan fingerprint density at radius 1 is 1.05 bits per heavy atom. The van der Waals surface area contributed by atoms with Crippen LogP contribution in [-0.2, 0) is 0 Å². The Balaban J connectivity index is 2.00. The minimum atomic E-state index is 0.156. The van der Waals surface area contributed by atoms with Gasteiger partial charge < -0.3 is 0 Å². The van der Waals surface area contributed by atoms with Crippen LogP contribution in [0.25, 0.3) is 10.5 Å². The van der Waals surface area contributed by atoms with E-state index in [2.05, 4.69) is 99.6 Å². The molecule has 0 saturated heterocycles. The minimum Gasteiger partial charge on any atom is -0.137 e. The fourth-order valence-electron chi connectivity index (χ4n) is 2.22. The lowest BCUT2D eigenvalue weighted by Crippen LogP contribution is -1.95. The highest BCUT2D eigenvalue weighted by molar-refractivity contribution is 14.2. The first-order valence-electron chi connectivity index (χ1n) is 6.81. The monoisotopic (exact) mass is 454 g/mol. The van der Waals surface area contributed by atoms with Crippen molar-refractivity contribution in [2.24, 2.45) is 0 Å². The summed E-state index contributed by atoms with van der Waals surface area (Å²) in [6, 6.07) is 21.4. The molecule has 0 amide bonds. The molecule has 1 atom stereocenters. The summed E-state index contributed by atoms with van der Waals surface area (Å²) in [6.07, 6.45) is 4.49. The van der Waals surface area contributed by atoms with Crippen LogP contribution in [0.2, 0.25) is 0 Å². The number of allylic oxidation sites excluding steroid dienone is 2. The summed E-state index contributed by atoms with van der Waals surface area (Å²) in [4.78, 5) is 2.81. The topological polar surface area (TPSA) is 0 Å². The molecule has 0 N–H and O–H groups in total. The summed E-state index contributed by atoms with van der Waals surface area (Å²) in [7, 11) is 1.96. The molecule has 0 fully saturated rings. The molecule has 0 radical (unpaired) electrons. The summed E-state index contributed by atoms with van der Waals surface area (Å²) in [5.41, 5.74) is 3.96. The van der Waals surface area contributed by atoms with E-state index in [-0.39, 0.29) is 6.69 Å². The molecule has 1 aliphatic rings. The van der Waals surface area contributed by atoms with E-state index in [0.29, 0.717) is 0 Å². The lowest BCUT2D eigenvalue weighted by atomic mass is 10.0. The maximum Gasteiger partial charge on any atom is 0.0274 e. The molecular weight excluding hydrogens is 439 g/mol. The molecule has 0 nitrogen and oxygen atoms in total. The lowest BCUT2D eigenvalue weighted by Gasteiger charge is -2.08. The Kier molecular flexibility index (Phi) is 5.90. The highest BCUT2D eigenvalue weighted by atomic mass is 127. The van der Waals surface area contributed by atoms with E-state index in [1.807, 2.05) is 10.8 Å². The quantitative estimate of drug-likeness (QED) is 0.214. The van der Waals surface area contributed by atoms with E-state index in [1.165, 1.54) is 26.5 Å². The van der Waals surface area contributed by atoms with Crippen LogP contribution in [0.15, 0.2) is 72.1 Å². The first kappa shape index (κ1) is 16.4. The van der Waals surface area contributed by atoms with Gasteiger partial charge in [-0.2, -0.15) is 0 Å². The Labute approximate surface area is 154 Å². The molecule has 2 aromatic carbocycles. The smallest absolute Gasteiger partial charge is 0.0274 e. The van der Waals surface area contributed by atoms with Gasteiger partial charge in [-0.3, -0.25) is 0 Å². The third kappa shape index (κ3) is 3.72. The molecule has 0 aromatic heterocycles. The number of thioether (sulfide) groups is 1. The first-order chi connectivity index (χ1) is 10.8. The van der Waals surface area contributed by atoms with Crippen LogP contribution in [0, 0.1) is 0 Å². The average molecular weight is 454 g/mol. The minimum absolute atomic E-state index is 0.156. The van der Waals surface area contributed by atoms with E-state index in [9.17, 15) is 0 Å². The van der Waals surface area contributed by atoms with Crippen LogP contribution in [-0.4, -0.2) is 11.1 Å². The Bertz CT molecular complexity index is 746. The molecule has 112 valence electrons. The van der Waals surface area contributed by atoms with Crippen LogP contribution in [0.5, 0.6) is 0 Å². The van der Waals surface area contributed by atoms with Crippen LogP contribution >= 0.6 is 50.4 Å². The van der Waals surface area contributed by atoms with Gasteiger partial charge in [0.2, 0.25) is 0 Å². The predicted molar refractivity (Wildman–Crippen MR) is 117 cm³/mol. The van der Waals surface area contributed by atoms with Crippen LogP contribution < -0.4 is 0 Å². The largest absolute Gasteiger partial charge is 0.137 e. The molecule has 3 rings (SSSR count). The van der Waals surface area contributed by atoms with Gasteiger partial charge in [0.1, 0.15) is 0 Å². The number of hydrogen-bond acceptors (Lipinski definition) is 2. The van der Waals surface area contributed by atoms with Gasteiger partial charge in [-0.15, -0.1) is 11.8 Å². The van der Waals surface area contributed by atoms with Gasteiger partial charge in [0.05, 0.1) is 0 Å². The zero-order valence-electron chi connectivity index (χ0n) is 12.0. The predicted octanol–water partition coefficient (Wildman–Crippen LogP) is 6.88. The second-order valence-corrected chi connectivity index (χ2v) is 12.8. The van der Waals surface area contributed by atoms with Crippen molar-refractivity contribution in [2.45, 2.75) is 0 Å². The zero-order chi connectivity index (χ0) is 15.4. The van der Waals surface area contributed by atoms with Crippen molar-refractivity contribution in [1.29, 1.82) is 0 Å². The van der Waals surface area contributed by atoms with Crippen molar-refractivity contribution >= 4 is 65.8 Å². The molecule has 2 aromatic rings. The van der Waals surface area contributed by atoms with E-state index >= 15 is 0 Å². The molecule has 0 bridgehead atoms. The van der Waals surface area contributed by atoms with Crippen molar-refractivity contribution in [1.82, 2.24) is 0 Å². The number of benzene rings is 2. The summed E-state index contributed by atoms with van der Waals surface area (Å²) in [6.45, 7) is 0.156.